The van der Waals surface area contributed by atoms with E-state index in [-0.39, 0.29) is 12.0 Å². The Kier molecular flexibility index (Phi) is 4.86. The molecule has 0 aliphatic carbocycles. The molecule has 0 spiro atoms. The third kappa shape index (κ3) is 3.62. The second-order valence-electron chi connectivity index (χ2n) is 6.95. The molecule has 1 aromatic carbocycles. The van der Waals surface area contributed by atoms with Crippen LogP contribution in [-0.4, -0.2) is 47.2 Å². The molecule has 0 bridgehead atoms. The van der Waals surface area contributed by atoms with Gasteiger partial charge in [0.05, 0.1) is 25.1 Å². The molecule has 1 saturated heterocycles. The highest BCUT2D eigenvalue weighted by Gasteiger charge is 2.25. The molecule has 1 fully saturated rings. The van der Waals surface area contributed by atoms with Crippen LogP contribution < -0.4 is 16.1 Å². The van der Waals surface area contributed by atoms with Crippen LogP contribution in [0.3, 0.4) is 0 Å². The van der Waals surface area contributed by atoms with E-state index in [1.54, 1.807) is 12.4 Å². The highest BCUT2D eigenvalue weighted by molar-refractivity contribution is 5.97. The maximum Gasteiger partial charge on any atom is 0.263 e. The first kappa shape index (κ1) is 18.3. The van der Waals surface area contributed by atoms with Crippen molar-refractivity contribution in [3.05, 3.63) is 66.1 Å². The summed E-state index contributed by atoms with van der Waals surface area (Å²) in [6, 6.07) is 13.7. The number of hydrogen-bond donors (Lipinski definition) is 2. The van der Waals surface area contributed by atoms with Crippen molar-refractivity contribution >= 4 is 17.5 Å². The Morgan fingerprint density at radius 1 is 1.00 bits per heavy atom. The molecule has 2 aromatic heterocycles. The van der Waals surface area contributed by atoms with Crippen molar-refractivity contribution in [2.75, 3.05) is 36.9 Å². The van der Waals surface area contributed by atoms with E-state index < -0.39 is 0 Å². The summed E-state index contributed by atoms with van der Waals surface area (Å²) in [6.07, 6.45) is 3.03. The average molecular weight is 403 g/mol. The first-order valence-electron chi connectivity index (χ1n) is 9.75. The zero-order valence-corrected chi connectivity index (χ0v) is 16.2. The third-order valence-corrected chi connectivity index (χ3v) is 5.00. The number of ether oxygens (including phenoxy) is 2. The van der Waals surface area contributed by atoms with Gasteiger partial charge in [0.2, 0.25) is 6.23 Å². The lowest BCUT2D eigenvalue weighted by Crippen LogP contribution is -2.36. The lowest BCUT2D eigenvalue weighted by Gasteiger charge is -2.27. The molecule has 9 nitrogen and oxygen atoms in total. The van der Waals surface area contributed by atoms with Crippen LogP contribution in [0.4, 0.5) is 11.6 Å². The van der Waals surface area contributed by atoms with E-state index in [9.17, 15) is 0 Å². The van der Waals surface area contributed by atoms with E-state index in [1.807, 2.05) is 42.5 Å². The number of nitrogens with two attached hydrogens (primary N) is 1. The minimum Gasteiger partial charge on any atom is -0.445 e. The van der Waals surface area contributed by atoms with Crippen molar-refractivity contribution in [1.29, 1.82) is 0 Å². The summed E-state index contributed by atoms with van der Waals surface area (Å²) in [5.74, 6) is 1.49. The summed E-state index contributed by atoms with van der Waals surface area (Å²) in [4.78, 5) is 15.7. The van der Waals surface area contributed by atoms with Gasteiger partial charge in [-0.05, 0) is 12.1 Å². The van der Waals surface area contributed by atoms with Gasteiger partial charge in [0.25, 0.3) is 5.90 Å². The van der Waals surface area contributed by atoms with Crippen LogP contribution in [0.1, 0.15) is 17.5 Å². The van der Waals surface area contributed by atoms with E-state index in [4.69, 9.17) is 15.2 Å². The Morgan fingerprint density at radius 2 is 1.83 bits per heavy atom. The molecule has 9 heteroatoms. The summed E-state index contributed by atoms with van der Waals surface area (Å²) in [6.45, 7) is 3.11. The summed E-state index contributed by atoms with van der Waals surface area (Å²) in [5.41, 5.74) is 11.9. The van der Waals surface area contributed by atoms with Gasteiger partial charge in [0.15, 0.2) is 11.5 Å². The molecular weight excluding hydrogens is 382 g/mol. The molecule has 3 N–H and O–H groups in total. The molecule has 4 heterocycles. The molecule has 0 amide bonds. The van der Waals surface area contributed by atoms with E-state index in [1.165, 1.54) is 0 Å². The maximum absolute atomic E-state index is 6.06. The van der Waals surface area contributed by atoms with Crippen LogP contribution in [0, 0.1) is 0 Å². The number of hydrazone groups is 1. The molecule has 5 rings (SSSR count). The second kappa shape index (κ2) is 7.96. The van der Waals surface area contributed by atoms with E-state index in [0.29, 0.717) is 17.3 Å². The Morgan fingerprint density at radius 3 is 2.60 bits per heavy atom. The normalized spacial score (nSPS) is 18.5. The van der Waals surface area contributed by atoms with Crippen LogP contribution in [-0.2, 0) is 9.47 Å². The highest BCUT2D eigenvalue weighted by Crippen LogP contribution is 2.25. The van der Waals surface area contributed by atoms with Crippen molar-refractivity contribution in [3.8, 4) is 11.3 Å². The van der Waals surface area contributed by atoms with Crippen LogP contribution in [0.15, 0.2) is 60.0 Å². The van der Waals surface area contributed by atoms with Crippen molar-refractivity contribution in [3.63, 3.8) is 0 Å². The number of pyridine rings is 1. The molecule has 0 radical (unpaired) electrons. The molecule has 2 aliphatic heterocycles. The molecule has 30 heavy (non-hydrogen) atoms. The fourth-order valence-electron chi connectivity index (χ4n) is 3.37. The van der Waals surface area contributed by atoms with Crippen LogP contribution in [0.2, 0.25) is 0 Å². The van der Waals surface area contributed by atoms with Crippen LogP contribution in [0.25, 0.3) is 11.3 Å². The maximum atomic E-state index is 6.06. The van der Waals surface area contributed by atoms with Gasteiger partial charge in [-0.15, -0.1) is 5.10 Å². The Balaban J connectivity index is 1.36. The number of anilines is 2. The Labute approximate surface area is 173 Å². The zero-order valence-electron chi connectivity index (χ0n) is 16.2. The smallest absolute Gasteiger partial charge is 0.263 e. The fraction of sp³-hybridized carbons (Fsp3) is 0.238. The van der Waals surface area contributed by atoms with Crippen molar-refractivity contribution in [1.82, 2.24) is 20.4 Å². The Hall–Kier alpha value is -3.72. The number of nitrogen functional groups attached to an aromatic ring is 1. The van der Waals surface area contributed by atoms with Gasteiger partial charge in [-0.2, -0.15) is 0 Å². The average Bonchev–Trinajstić information content (AvgIpc) is 3.31. The molecular formula is C21H21N7O2. The van der Waals surface area contributed by atoms with Gasteiger partial charge >= 0.3 is 0 Å². The van der Waals surface area contributed by atoms with E-state index in [2.05, 4.69) is 30.4 Å². The van der Waals surface area contributed by atoms with Gasteiger partial charge in [0, 0.05) is 30.4 Å². The quantitative estimate of drug-likeness (QED) is 0.680. The molecule has 3 aromatic rings. The number of benzene rings is 1. The molecule has 1 atom stereocenters. The Bertz CT molecular complexity index is 1050. The number of hydrogen-bond acceptors (Lipinski definition) is 9. The number of nitrogens with zero attached hydrogens (tertiary/aromatic N) is 5. The standard InChI is InChI=1S/C21H21N7O2/c22-19-18(21-27-26-20(30-21)14-4-2-1-3-5-14)25-16(13-24-19)15-6-7-17(23-12-15)28-8-10-29-11-9-28/h1-7,12-13,20,26H,8-11H2,(H2,22,24). The predicted molar refractivity (Wildman–Crippen MR) is 113 cm³/mol. The molecule has 0 saturated carbocycles. The van der Waals surface area contributed by atoms with Crippen LogP contribution in [0.5, 0.6) is 0 Å². The monoisotopic (exact) mass is 403 g/mol. The highest BCUT2D eigenvalue weighted by atomic mass is 16.5. The largest absolute Gasteiger partial charge is 0.445 e. The minimum atomic E-state index is -0.388. The lowest BCUT2D eigenvalue weighted by molar-refractivity contribution is 0.122. The minimum absolute atomic E-state index is 0.255. The fourth-order valence-corrected chi connectivity index (χ4v) is 3.37. The van der Waals surface area contributed by atoms with Gasteiger partial charge < -0.3 is 20.1 Å². The lowest BCUT2D eigenvalue weighted by atomic mass is 10.2. The van der Waals surface area contributed by atoms with E-state index in [0.717, 1.165) is 43.2 Å². The van der Waals surface area contributed by atoms with Gasteiger partial charge in [-0.25, -0.2) is 15.0 Å². The van der Waals surface area contributed by atoms with Crippen molar-refractivity contribution in [2.45, 2.75) is 6.23 Å². The number of nitrogens with one attached hydrogen (secondary N) is 1. The van der Waals surface area contributed by atoms with Crippen LogP contribution >= 0.6 is 0 Å². The number of morpholine rings is 1. The first-order chi connectivity index (χ1) is 14.8. The predicted octanol–water partition coefficient (Wildman–Crippen LogP) is 1.94. The number of aromatic nitrogens is 3. The molecule has 152 valence electrons. The number of rotatable bonds is 4. The topological polar surface area (TPSA) is 111 Å². The summed E-state index contributed by atoms with van der Waals surface area (Å²) in [7, 11) is 0. The third-order valence-electron chi connectivity index (χ3n) is 5.00. The first-order valence-corrected chi connectivity index (χ1v) is 9.75. The summed E-state index contributed by atoms with van der Waals surface area (Å²) >= 11 is 0. The summed E-state index contributed by atoms with van der Waals surface area (Å²) < 4.78 is 11.3. The van der Waals surface area contributed by atoms with Gasteiger partial charge in [-0.1, -0.05) is 30.3 Å². The van der Waals surface area contributed by atoms with Gasteiger partial charge in [-0.3, -0.25) is 5.43 Å². The van der Waals surface area contributed by atoms with Crippen molar-refractivity contribution in [2.24, 2.45) is 5.10 Å². The van der Waals surface area contributed by atoms with Gasteiger partial charge in [0.1, 0.15) is 5.82 Å². The molecule has 1 unspecified atom stereocenters. The molecule has 2 aliphatic rings. The zero-order chi connectivity index (χ0) is 20.3. The summed E-state index contributed by atoms with van der Waals surface area (Å²) in [5, 5.41) is 4.26. The van der Waals surface area contributed by atoms with Crippen molar-refractivity contribution < 1.29 is 9.47 Å². The van der Waals surface area contributed by atoms with E-state index >= 15 is 0 Å². The SMILES string of the molecule is Nc1ncc(-c2ccc(N3CCOCC3)nc2)nc1C1=NNC(c2ccccc2)O1. The second-order valence-corrected chi connectivity index (χ2v) is 6.95.